The molecular formula is C15H20Cl2O. The number of rotatable bonds is 3. The molecule has 1 aromatic rings. The van der Waals surface area contributed by atoms with Crippen LogP contribution in [0.25, 0.3) is 0 Å². The van der Waals surface area contributed by atoms with Crippen LogP contribution in [0.1, 0.15) is 38.6 Å². The quantitative estimate of drug-likeness (QED) is 0.684. The average Bonchev–Trinajstić information content (AvgIpc) is 2.68. The SMILES string of the molecule is COc1ccc(C(Cl)C2C(C)(C)C2(C)C)c(Cl)c1. The number of benzene rings is 1. The van der Waals surface area contributed by atoms with Crippen molar-refractivity contribution in [2.24, 2.45) is 16.7 Å². The van der Waals surface area contributed by atoms with Gasteiger partial charge in [0.15, 0.2) is 0 Å². The van der Waals surface area contributed by atoms with E-state index in [0.29, 0.717) is 10.9 Å². The fraction of sp³-hybridized carbons (Fsp3) is 0.600. The summed E-state index contributed by atoms with van der Waals surface area (Å²) in [7, 11) is 1.64. The van der Waals surface area contributed by atoms with Crippen LogP contribution in [-0.4, -0.2) is 7.11 Å². The first-order valence-electron chi connectivity index (χ1n) is 6.21. The first-order valence-corrected chi connectivity index (χ1v) is 7.02. The highest BCUT2D eigenvalue weighted by Gasteiger charge is 2.67. The minimum atomic E-state index is -0.0478. The van der Waals surface area contributed by atoms with Crippen LogP contribution in [0, 0.1) is 16.7 Å². The highest BCUT2D eigenvalue weighted by atomic mass is 35.5. The van der Waals surface area contributed by atoms with E-state index < -0.39 is 0 Å². The molecule has 1 aromatic carbocycles. The maximum Gasteiger partial charge on any atom is 0.120 e. The van der Waals surface area contributed by atoms with Gasteiger partial charge in [-0.1, -0.05) is 45.4 Å². The zero-order chi connectivity index (χ0) is 13.7. The molecule has 0 aliphatic heterocycles. The lowest BCUT2D eigenvalue weighted by molar-refractivity contribution is 0.414. The van der Waals surface area contributed by atoms with E-state index in [0.717, 1.165) is 11.3 Å². The zero-order valence-electron chi connectivity index (χ0n) is 11.6. The van der Waals surface area contributed by atoms with E-state index in [4.69, 9.17) is 27.9 Å². The Bertz CT molecular complexity index is 452. The molecule has 1 atom stereocenters. The molecule has 0 aromatic heterocycles. The third kappa shape index (κ3) is 1.92. The van der Waals surface area contributed by atoms with E-state index in [1.807, 2.05) is 18.2 Å². The molecule has 100 valence electrons. The third-order valence-corrected chi connectivity index (χ3v) is 5.74. The maximum absolute atomic E-state index is 6.65. The predicted octanol–water partition coefficient (Wildman–Crippen LogP) is 5.31. The molecule has 0 heterocycles. The number of hydrogen-bond acceptors (Lipinski definition) is 1. The first-order chi connectivity index (χ1) is 8.23. The van der Waals surface area contributed by atoms with Crippen molar-refractivity contribution < 1.29 is 4.74 Å². The van der Waals surface area contributed by atoms with Gasteiger partial charge in [-0.2, -0.15) is 0 Å². The molecule has 0 amide bonds. The van der Waals surface area contributed by atoms with Crippen molar-refractivity contribution in [1.29, 1.82) is 0 Å². The summed E-state index contributed by atoms with van der Waals surface area (Å²) in [5.74, 6) is 1.21. The largest absolute Gasteiger partial charge is 0.497 e. The monoisotopic (exact) mass is 286 g/mol. The second kappa shape index (κ2) is 4.31. The topological polar surface area (TPSA) is 9.23 Å². The van der Waals surface area contributed by atoms with Crippen LogP contribution in [0.2, 0.25) is 5.02 Å². The van der Waals surface area contributed by atoms with Crippen LogP contribution in [0.5, 0.6) is 5.75 Å². The van der Waals surface area contributed by atoms with Gasteiger partial charge in [0.1, 0.15) is 5.75 Å². The molecule has 0 N–H and O–H groups in total. The number of ether oxygens (including phenoxy) is 1. The lowest BCUT2D eigenvalue weighted by atomic mass is 10.0. The summed E-state index contributed by atoms with van der Waals surface area (Å²) in [6, 6.07) is 5.72. The van der Waals surface area contributed by atoms with Crippen molar-refractivity contribution in [1.82, 2.24) is 0 Å². The number of hydrogen-bond donors (Lipinski definition) is 0. The van der Waals surface area contributed by atoms with Gasteiger partial charge in [-0.25, -0.2) is 0 Å². The summed E-state index contributed by atoms with van der Waals surface area (Å²) in [6.45, 7) is 9.07. The lowest BCUT2D eigenvalue weighted by Crippen LogP contribution is -2.00. The second-order valence-electron chi connectivity index (χ2n) is 6.21. The molecule has 0 bridgehead atoms. The highest BCUT2D eigenvalue weighted by molar-refractivity contribution is 6.33. The number of halogens is 2. The summed E-state index contributed by atoms with van der Waals surface area (Å²) in [5, 5.41) is 0.640. The van der Waals surface area contributed by atoms with E-state index in [-0.39, 0.29) is 16.2 Å². The van der Waals surface area contributed by atoms with Gasteiger partial charge in [0.2, 0.25) is 0 Å². The number of methoxy groups -OCH3 is 1. The molecule has 1 aliphatic carbocycles. The van der Waals surface area contributed by atoms with Gasteiger partial charge in [0.25, 0.3) is 0 Å². The fourth-order valence-corrected chi connectivity index (χ4v) is 4.18. The van der Waals surface area contributed by atoms with Gasteiger partial charge < -0.3 is 4.74 Å². The van der Waals surface area contributed by atoms with E-state index in [2.05, 4.69) is 27.7 Å². The molecule has 1 saturated carbocycles. The summed E-state index contributed by atoms with van der Waals surface area (Å²) in [5.41, 5.74) is 1.51. The lowest BCUT2D eigenvalue weighted by Gasteiger charge is -2.14. The van der Waals surface area contributed by atoms with Crippen LogP contribution in [0.4, 0.5) is 0 Å². The molecule has 1 nitrogen and oxygen atoms in total. The summed E-state index contributed by atoms with van der Waals surface area (Å²) in [4.78, 5) is 0. The Kier molecular flexibility index (Phi) is 3.36. The summed E-state index contributed by atoms with van der Waals surface area (Å²) in [6.07, 6.45) is 0. The molecule has 0 spiro atoms. The van der Waals surface area contributed by atoms with Gasteiger partial charge in [0.05, 0.1) is 12.5 Å². The van der Waals surface area contributed by atoms with Crippen molar-refractivity contribution in [3.63, 3.8) is 0 Å². The van der Waals surface area contributed by atoms with Gasteiger partial charge in [-0.05, 0) is 34.4 Å². The Morgan fingerprint density at radius 2 is 1.72 bits per heavy atom. The van der Waals surface area contributed by atoms with Crippen molar-refractivity contribution in [3.8, 4) is 5.75 Å². The Balaban J connectivity index is 2.29. The van der Waals surface area contributed by atoms with Crippen molar-refractivity contribution >= 4 is 23.2 Å². The van der Waals surface area contributed by atoms with Gasteiger partial charge >= 0.3 is 0 Å². The molecule has 1 fully saturated rings. The second-order valence-corrected chi connectivity index (χ2v) is 7.09. The van der Waals surface area contributed by atoms with E-state index >= 15 is 0 Å². The summed E-state index contributed by atoms with van der Waals surface area (Å²) >= 11 is 12.9. The fourth-order valence-electron chi connectivity index (χ4n) is 3.02. The molecule has 2 rings (SSSR count). The van der Waals surface area contributed by atoms with Crippen LogP contribution in [0.3, 0.4) is 0 Å². The van der Waals surface area contributed by atoms with E-state index in [9.17, 15) is 0 Å². The minimum absolute atomic E-state index is 0.0478. The molecular weight excluding hydrogens is 267 g/mol. The molecule has 0 radical (unpaired) electrons. The summed E-state index contributed by atoms with van der Waals surface area (Å²) < 4.78 is 5.16. The highest BCUT2D eigenvalue weighted by Crippen LogP contribution is 2.73. The van der Waals surface area contributed by atoms with E-state index in [1.54, 1.807) is 7.11 Å². The first kappa shape index (κ1) is 14.0. The van der Waals surface area contributed by atoms with Gasteiger partial charge in [0, 0.05) is 5.02 Å². The maximum atomic E-state index is 6.65. The zero-order valence-corrected chi connectivity index (χ0v) is 13.1. The molecule has 1 unspecified atom stereocenters. The Morgan fingerprint density at radius 1 is 1.17 bits per heavy atom. The van der Waals surface area contributed by atoms with Crippen molar-refractivity contribution in [3.05, 3.63) is 28.8 Å². The van der Waals surface area contributed by atoms with Crippen LogP contribution in [0.15, 0.2) is 18.2 Å². The van der Waals surface area contributed by atoms with Crippen molar-refractivity contribution in [2.75, 3.05) is 7.11 Å². The Labute approximate surface area is 119 Å². The minimum Gasteiger partial charge on any atom is -0.497 e. The Morgan fingerprint density at radius 3 is 2.11 bits per heavy atom. The van der Waals surface area contributed by atoms with Crippen molar-refractivity contribution in [2.45, 2.75) is 33.1 Å². The predicted molar refractivity (Wildman–Crippen MR) is 77.7 cm³/mol. The molecule has 18 heavy (non-hydrogen) atoms. The van der Waals surface area contributed by atoms with Gasteiger partial charge in [-0.3, -0.25) is 0 Å². The number of alkyl halides is 1. The average molecular weight is 287 g/mol. The van der Waals surface area contributed by atoms with Crippen LogP contribution >= 0.6 is 23.2 Å². The standard InChI is InChI=1S/C15H20Cl2O/c1-14(2)13(15(14,3)4)12(17)10-7-6-9(18-5)8-11(10)16/h6-8,12-13H,1-5H3. The third-order valence-electron chi connectivity index (χ3n) is 4.93. The Hall–Kier alpha value is -0.400. The smallest absolute Gasteiger partial charge is 0.120 e. The van der Waals surface area contributed by atoms with Crippen LogP contribution < -0.4 is 4.74 Å². The molecule has 0 saturated heterocycles. The van der Waals surface area contributed by atoms with Gasteiger partial charge in [-0.15, -0.1) is 11.6 Å². The normalized spacial score (nSPS) is 22.6. The molecule has 3 heteroatoms. The molecule has 1 aliphatic rings. The van der Waals surface area contributed by atoms with Crippen LogP contribution in [-0.2, 0) is 0 Å². The van der Waals surface area contributed by atoms with E-state index in [1.165, 1.54) is 0 Å².